The molecule has 1 heterocycles. The van der Waals surface area contributed by atoms with Crippen molar-refractivity contribution in [2.24, 2.45) is 5.92 Å². The SMILES string of the molecule is Cc1ccc2oc(C(=O)NC3CCCCC3CCl)cc2c1. The van der Waals surface area contributed by atoms with Crippen LogP contribution in [0.4, 0.5) is 0 Å². The number of nitrogens with one attached hydrogen (secondary N) is 1. The third kappa shape index (κ3) is 3.08. The van der Waals surface area contributed by atoms with Crippen LogP contribution in [0.1, 0.15) is 41.8 Å². The van der Waals surface area contributed by atoms with Gasteiger partial charge in [0.05, 0.1) is 0 Å². The first kappa shape index (κ1) is 14.5. The second-order valence-electron chi connectivity index (χ2n) is 5.93. The molecule has 0 bridgehead atoms. The largest absolute Gasteiger partial charge is 0.451 e. The summed E-state index contributed by atoms with van der Waals surface area (Å²) in [6, 6.07) is 7.90. The minimum atomic E-state index is -0.133. The van der Waals surface area contributed by atoms with E-state index >= 15 is 0 Å². The Morgan fingerprint density at radius 2 is 2.14 bits per heavy atom. The van der Waals surface area contributed by atoms with Crippen molar-refractivity contribution in [3.05, 3.63) is 35.6 Å². The van der Waals surface area contributed by atoms with Crippen molar-refractivity contribution < 1.29 is 9.21 Å². The number of benzene rings is 1. The minimum absolute atomic E-state index is 0.133. The van der Waals surface area contributed by atoms with Crippen LogP contribution in [0.5, 0.6) is 0 Å². The van der Waals surface area contributed by atoms with Gasteiger partial charge in [0.1, 0.15) is 5.58 Å². The van der Waals surface area contributed by atoms with Gasteiger partial charge in [-0.3, -0.25) is 4.79 Å². The van der Waals surface area contributed by atoms with Crippen molar-refractivity contribution >= 4 is 28.5 Å². The van der Waals surface area contributed by atoms with E-state index in [1.807, 2.05) is 31.2 Å². The molecule has 3 nitrogen and oxygen atoms in total. The van der Waals surface area contributed by atoms with Crippen LogP contribution in [0.25, 0.3) is 11.0 Å². The molecule has 1 aliphatic rings. The Morgan fingerprint density at radius 1 is 1.33 bits per heavy atom. The van der Waals surface area contributed by atoms with Gasteiger partial charge < -0.3 is 9.73 Å². The van der Waals surface area contributed by atoms with E-state index in [9.17, 15) is 4.79 Å². The van der Waals surface area contributed by atoms with Crippen molar-refractivity contribution in [3.8, 4) is 0 Å². The number of halogens is 1. The molecule has 0 spiro atoms. The van der Waals surface area contributed by atoms with Gasteiger partial charge >= 0.3 is 0 Å². The second-order valence-corrected chi connectivity index (χ2v) is 6.24. The lowest BCUT2D eigenvalue weighted by atomic mass is 9.86. The molecule has 1 fully saturated rings. The molecule has 1 saturated carbocycles. The van der Waals surface area contributed by atoms with Crippen molar-refractivity contribution in [1.29, 1.82) is 0 Å². The van der Waals surface area contributed by atoms with Crippen LogP contribution >= 0.6 is 11.6 Å². The maximum absolute atomic E-state index is 12.4. The highest BCUT2D eigenvalue weighted by Crippen LogP contribution is 2.26. The summed E-state index contributed by atoms with van der Waals surface area (Å²) in [4.78, 5) is 12.4. The molecule has 21 heavy (non-hydrogen) atoms. The van der Waals surface area contributed by atoms with E-state index in [2.05, 4.69) is 5.32 Å². The molecule has 1 aromatic heterocycles. The number of carbonyl (C=O) groups excluding carboxylic acids is 1. The van der Waals surface area contributed by atoms with Crippen LogP contribution in [-0.4, -0.2) is 17.8 Å². The number of aryl methyl sites for hydroxylation is 1. The molecule has 1 aromatic carbocycles. The average molecular weight is 306 g/mol. The molecule has 0 radical (unpaired) electrons. The number of carbonyl (C=O) groups is 1. The molecule has 2 atom stereocenters. The van der Waals surface area contributed by atoms with E-state index in [4.69, 9.17) is 16.0 Å². The van der Waals surface area contributed by atoms with Gasteiger partial charge in [0.25, 0.3) is 5.91 Å². The molecular weight excluding hydrogens is 286 g/mol. The quantitative estimate of drug-likeness (QED) is 0.861. The summed E-state index contributed by atoms with van der Waals surface area (Å²) in [7, 11) is 0. The fourth-order valence-corrected chi connectivity index (χ4v) is 3.47. The van der Waals surface area contributed by atoms with Gasteiger partial charge in [0.2, 0.25) is 0 Å². The van der Waals surface area contributed by atoms with E-state index < -0.39 is 0 Å². The van der Waals surface area contributed by atoms with Crippen molar-refractivity contribution in [2.45, 2.75) is 38.6 Å². The molecule has 0 aliphatic heterocycles. The third-order valence-electron chi connectivity index (χ3n) is 4.32. The highest BCUT2D eigenvalue weighted by Gasteiger charge is 2.27. The Hall–Kier alpha value is -1.48. The van der Waals surface area contributed by atoms with Gasteiger partial charge in [-0.05, 0) is 43.9 Å². The Balaban J connectivity index is 1.77. The van der Waals surface area contributed by atoms with E-state index in [-0.39, 0.29) is 11.9 Å². The molecule has 112 valence electrons. The Kier molecular flexibility index (Phi) is 4.20. The molecule has 4 heteroatoms. The molecule has 2 aromatic rings. The van der Waals surface area contributed by atoms with Crippen molar-refractivity contribution in [3.63, 3.8) is 0 Å². The summed E-state index contributed by atoms with van der Waals surface area (Å²) in [6.45, 7) is 2.03. The predicted molar refractivity (Wildman–Crippen MR) is 84.9 cm³/mol. The van der Waals surface area contributed by atoms with Gasteiger partial charge in [-0.15, -0.1) is 11.6 Å². The van der Waals surface area contributed by atoms with Crippen LogP contribution < -0.4 is 5.32 Å². The first-order chi connectivity index (χ1) is 10.2. The zero-order chi connectivity index (χ0) is 14.8. The predicted octanol–water partition coefficient (Wildman–Crippen LogP) is 4.27. The van der Waals surface area contributed by atoms with Crippen LogP contribution in [0.15, 0.2) is 28.7 Å². The van der Waals surface area contributed by atoms with Crippen LogP contribution in [-0.2, 0) is 0 Å². The number of amides is 1. The molecular formula is C17H20ClNO2. The summed E-state index contributed by atoms with van der Waals surface area (Å²) in [6.07, 6.45) is 4.45. The number of furan rings is 1. The van der Waals surface area contributed by atoms with Gasteiger partial charge in [0.15, 0.2) is 5.76 Å². The summed E-state index contributed by atoms with van der Waals surface area (Å²) in [5.41, 5.74) is 1.91. The number of alkyl halides is 1. The lowest BCUT2D eigenvalue weighted by molar-refractivity contribution is 0.0885. The average Bonchev–Trinajstić information content (AvgIpc) is 2.91. The third-order valence-corrected chi connectivity index (χ3v) is 4.72. The van der Waals surface area contributed by atoms with Gasteiger partial charge in [-0.25, -0.2) is 0 Å². The highest BCUT2D eigenvalue weighted by atomic mass is 35.5. The smallest absolute Gasteiger partial charge is 0.287 e. The van der Waals surface area contributed by atoms with E-state index in [0.717, 1.165) is 35.8 Å². The van der Waals surface area contributed by atoms with Crippen LogP contribution in [0.3, 0.4) is 0 Å². The maximum Gasteiger partial charge on any atom is 0.287 e. The lowest BCUT2D eigenvalue weighted by Crippen LogP contribution is -2.42. The highest BCUT2D eigenvalue weighted by molar-refractivity contribution is 6.18. The van der Waals surface area contributed by atoms with E-state index in [1.165, 1.54) is 6.42 Å². The number of hydrogen-bond donors (Lipinski definition) is 1. The number of hydrogen-bond acceptors (Lipinski definition) is 2. The summed E-state index contributed by atoms with van der Waals surface area (Å²) < 4.78 is 5.65. The fraction of sp³-hybridized carbons (Fsp3) is 0.471. The zero-order valence-electron chi connectivity index (χ0n) is 12.2. The van der Waals surface area contributed by atoms with Gasteiger partial charge in [-0.2, -0.15) is 0 Å². The summed E-state index contributed by atoms with van der Waals surface area (Å²) in [5, 5.41) is 4.06. The van der Waals surface area contributed by atoms with Crippen LogP contribution in [0, 0.1) is 12.8 Å². The maximum atomic E-state index is 12.4. The molecule has 1 aliphatic carbocycles. The first-order valence-corrected chi connectivity index (χ1v) is 8.08. The Labute approximate surface area is 129 Å². The van der Waals surface area contributed by atoms with E-state index in [0.29, 0.717) is 17.6 Å². The van der Waals surface area contributed by atoms with Crippen molar-refractivity contribution in [2.75, 3.05) is 5.88 Å². The normalized spacial score (nSPS) is 22.4. The first-order valence-electron chi connectivity index (χ1n) is 7.54. The fourth-order valence-electron chi connectivity index (χ4n) is 3.10. The minimum Gasteiger partial charge on any atom is -0.451 e. The zero-order valence-corrected chi connectivity index (χ0v) is 13.0. The van der Waals surface area contributed by atoms with Gasteiger partial charge in [-0.1, -0.05) is 24.5 Å². The second kappa shape index (κ2) is 6.10. The molecule has 1 amide bonds. The molecule has 3 rings (SSSR count). The van der Waals surface area contributed by atoms with Crippen molar-refractivity contribution in [1.82, 2.24) is 5.32 Å². The molecule has 1 N–H and O–H groups in total. The number of fused-ring (bicyclic) bond motifs is 1. The lowest BCUT2D eigenvalue weighted by Gasteiger charge is -2.30. The summed E-state index contributed by atoms with van der Waals surface area (Å²) in [5.74, 6) is 1.22. The van der Waals surface area contributed by atoms with E-state index in [1.54, 1.807) is 0 Å². The van der Waals surface area contributed by atoms with Crippen LogP contribution in [0.2, 0.25) is 0 Å². The Bertz CT molecular complexity index is 649. The monoisotopic (exact) mass is 305 g/mol. The Morgan fingerprint density at radius 3 is 2.95 bits per heavy atom. The molecule has 0 saturated heterocycles. The standard InChI is InChI=1S/C17H20ClNO2/c1-11-6-7-15-13(8-11)9-16(21-15)17(20)19-14-5-3-2-4-12(14)10-18/h6-9,12,14H,2-5,10H2,1H3,(H,19,20). The topological polar surface area (TPSA) is 42.2 Å². The van der Waals surface area contributed by atoms with Gasteiger partial charge in [0, 0.05) is 17.3 Å². The summed E-state index contributed by atoms with van der Waals surface area (Å²) >= 11 is 6.01. The molecule has 2 unspecified atom stereocenters. The number of rotatable bonds is 3.